The van der Waals surface area contributed by atoms with Gasteiger partial charge in [-0.25, -0.2) is 0 Å². The average molecular weight is 415 g/mol. The van der Waals surface area contributed by atoms with E-state index in [1.54, 1.807) is 6.26 Å². The third-order valence-corrected chi connectivity index (χ3v) is 4.68. The van der Waals surface area contributed by atoms with Crippen molar-refractivity contribution in [2.24, 2.45) is 10.2 Å². The molecule has 0 saturated heterocycles. The Morgan fingerprint density at radius 3 is 2.85 bits per heavy atom. The Morgan fingerprint density at radius 1 is 1.23 bits per heavy atom. The highest BCUT2D eigenvalue weighted by Gasteiger charge is 2.32. The maximum atomic E-state index is 6.02. The van der Waals surface area contributed by atoms with Crippen molar-refractivity contribution in [3.05, 3.63) is 70.0 Å². The van der Waals surface area contributed by atoms with Crippen molar-refractivity contribution in [2.75, 3.05) is 6.61 Å². The summed E-state index contributed by atoms with van der Waals surface area (Å²) < 4.78 is 18.6. The van der Waals surface area contributed by atoms with E-state index in [0.29, 0.717) is 5.70 Å². The number of nitrogens with zero attached hydrogens (tertiary/aromatic N) is 2. The molecule has 0 spiro atoms. The summed E-state index contributed by atoms with van der Waals surface area (Å²) in [6, 6.07) is 13.8. The summed E-state index contributed by atoms with van der Waals surface area (Å²) in [6.45, 7) is 4.42. The predicted octanol–water partition coefficient (Wildman–Crippen LogP) is 5.56. The van der Waals surface area contributed by atoms with Crippen molar-refractivity contribution in [2.45, 2.75) is 32.1 Å². The van der Waals surface area contributed by atoms with Gasteiger partial charge in [0, 0.05) is 22.0 Å². The molecule has 4 rings (SSSR count). The summed E-state index contributed by atoms with van der Waals surface area (Å²) in [5.74, 6) is 1.54. The van der Waals surface area contributed by atoms with Crippen molar-refractivity contribution < 1.29 is 14.2 Å². The maximum Gasteiger partial charge on any atom is 0.234 e. The van der Waals surface area contributed by atoms with E-state index >= 15 is 0 Å². The van der Waals surface area contributed by atoms with Gasteiger partial charge in [-0.3, -0.25) is 0 Å². The molecule has 6 heteroatoms. The first kappa shape index (κ1) is 17.1. The van der Waals surface area contributed by atoms with Gasteiger partial charge in [-0.05, 0) is 32.0 Å². The minimum absolute atomic E-state index is 0.202. The van der Waals surface area contributed by atoms with Crippen LogP contribution in [0.5, 0.6) is 11.5 Å². The van der Waals surface area contributed by atoms with Crippen LogP contribution in [0.2, 0.25) is 0 Å². The minimum Gasteiger partial charge on any atom is -0.483 e. The van der Waals surface area contributed by atoms with E-state index in [9.17, 15) is 0 Å². The molecular formula is C20H19BrN2O3. The van der Waals surface area contributed by atoms with Crippen molar-refractivity contribution in [1.29, 1.82) is 0 Å². The molecule has 134 valence electrons. The first-order valence-electron chi connectivity index (χ1n) is 8.45. The topological polar surface area (TPSA) is 52.4 Å². The van der Waals surface area contributed by atoms with Crippen LogP contribution in [-0.4, -0.2) is 12.2 Å². The number of hydrogen-bond acceptors (Lipinski definition) is 5. The molecule has 2 aromatic rings. The second-order valence-corrected chi connectivity index (χ2v) is 7.86. The van der Waals surface area contributed by atoms with E-state index in [4.69, 9.17) is 14.2 Å². The Bertz CT molecular complexity index is 892. The Morgan fingerprint density at radius 2 is 2.08 bits per heavy atom. The molecule has 0 saturated carbocycles. The number of halogens is 1. The number of fused-ring (bicyclic) bond motifs is 1. The van der Waals surface area contributed by atoms with E-state index in [0.717, 1.165) is 33.5 Å². The molecule has 26 heavy (non-hydrogen) atoms. The van der Waals surface area contributed by atoms with Crippen LogP contribution in [0.4, 0.5) is 0 Å². The molecule has 1 unspecified atom stereocenters. The highest BCUT2D eigenvalue weighted by molar-refractivity contribution is 9.10. The van der Waals surface area contributed by atoms with Crippen LogP contribution < -0.4 is 9.47 Å². The van der Waals surface area contributed by atoms with Gasteiger partial charge in [0.05, 0.1) is 0 Å². The summed E-state index contributed by atoms with van der Waals surface area (Å²) in [7, 11) is 0. The maximum absolute atomic E-state index is 6.02. The highest BCUT2D eigenvalue weighted by Crippen LogP contribution is 2.42. The highest BCUT2D eigenvalue weighted by atomic mass is 79.9. The molecule has 0 amide bonds. The molecule has 0 radical (unpaired) electrons. The summed E-state index contributed by atoms with van der Waals surface area (Å²) in [5.41, 5.74) is 2.53. The van der Waals surface area contributed by atoms with Crippen LogP contribution in [0.1, 0.15) is 31.2 Å². The summed E-state index contributed by atoms with van der Waals surface area (Å²) in [4.78, 5) is 0. The third kappa shape index (κ3) is 3.60. The number of benzene rings is 2. The quantitative estimate of drug-likeness (QED) is 0.657. The largest absolute Gasteiger partial charge is 0.483 e. The van der Waals surface area contributed by atoms with Crippen molar-refractivity contribution in [3.63, 3.8) is 0 Å². The molecule has 2 aliphatic heterocycles. The number of rotatable bonds is 4. The summed E-state index contributed by atoms with van der Waals surface area (Å²) in [6.07, 6.45) is 2.05. The Hall–Kier alpha value is -2.34. The molecule has 0 aromatic heterocycles. The second kappa shape index (κ2) is 6.76. The third-order valence-electron chi connectivity index (χ3n) is 4.19. The molecule has 0 aliphatic carbocycles. The van der Waals surface area contributed by atoms with Gasteiger partial charge in [0.1, 0.15) is 24.2 Å². The number of para-hydroxylation sites is 1. The van der Waals surface area contributed by atoms with Gasteiger partial charge in [0.2, 0.25) is 6.23 Å². The van der Waals surface area contributed by atoms with E-state index in [1.165, 1.54) is 0 Å². The zero-order valence-electron chi connectivity index (χ0n) is 14.6. The zero-order chi connectivity index (χ0) is 18.1. The molecule has 2 aliphatic rings. The monoisotopic (exact) mass is 414 g/mol. The molecule has 0 N–H and O–H groups in total. The SMILES string of the molecule is CC1(C)Cc2cccc(OCC3=COC(c4cccc(Br)c4)N=N3)c2O1. The lowest BCUT2D eigenvalue weighted by molar-refractivity contribution is 0.126. The van der Waals surface area contributed by atoms with E-state index in [1.807, 2.05) is 36.4 Å². The van der Waals surface area contributed by atoms with Crippen LogP contribution in [0, 0.1) is 0 Å². The molecule has 1 atom stereocenters. The van der Waals surface area contributed by atoms with Gasteiger partial charge in [0.15, 0.2) is 11.5 Å². The minimum atomic E-state index is -0.429. The molecule has 2 heterocycles. The average Bonchev–Trinajstić information content (AvgIpc) is 2.95. The zero-order valence-corrected chi connectivity index (χ0v) is 16.2. The molecule has 0 fully saturated rings. The number of ether oxygens (including phenoxy) is 3. The Labute approximate surface area is 160 Å². The predicted molar refractivity (Wildman–Crippen MR) is 101 cm³/mol. The van der Waals surface area contributed by atoms with E-state index < -0.39 is 6.23 Å². The number of hydrogen-bond donors (Lipinski definition) is 0. The lowest BCUT2D eigenvalue weighted by Gasteiger charge is -2.19. The van der Waals surface area contributed by atoms with Crippen LogP contribution in [0.15, 0.2) is 69.1 Å². The Balaban J connectivity index is 1.40. The fourth-order valence-corrected chi connectivity index (χ4v) is 3.46. The van der Waals surface area contributed by atoms with Crippen LogP contribution in [0.3, 0.4) is 0 Å². The van der Waals surface area contributed by atoms with Gasteiger partial charge >= 0.3 is 0 Å². The van der Waals surface area contributed by atoms with Gasteiger partial charge in [-0.2, -0.15) is 0 Å². The molecule has 2 aromatic carbocycles. The summed E-state index contributed by atoms with van der Waals surface area (Å²) in [5, 5.41) is 8.47. The van der Waals surface area contributed by atoms with Gasteiger partial charge in [0.25, 0.3) is 0 Å². The van der Waals surface area contributed by atoms with Gasteiger partial charge in [-0.1, -0.05) is 40.2 Å². The van der Waals surface area contributed by atoms with Gasteiger partial charge < -0.3 is 14.2 Å². The number of azo groups is 1. The van der Waals surface area contributed by atoms with Gasteiger partial charge in [-0.15, -0.1) is 10.2 Å². The second-order valence-electron chi connectivity index (χ2n) is 6.94. The van der Waals surface area contributed by atoms with Crippen LogP contribution in [-0.2, 0) is 11.2 Å². The van der Waals surface area contributed by atoms with Crippen LogP contribution in [0.25, 0.3) is 0 Å². The molecular weight excluding hydrogens is 396 g/mol. The Kier molecular flexibility index (Phi) is 4.44. The normalized spacial score (nSPS) is 20.0. The standard InChI is InChI=1S/C20H19BrN2O3/c1-20(2)10-14-6-4-8-17(18(14)26-20)24-11-16-12-25-19(23-22-16)13-5-3-7-15(21)9-13/h3-9,12,19H,10-11H2,1-2H3. The van der Waals surface area contributed by atoms with Crippen molar-refractivity contribution in [1.82, 2.24) is 0 Å². The lowest BCUT2D eigenvalue weighted by Crippen LogP contribution is -2.24. The van der Waals surface area contributed by atoms with Crippen LogP contribution >= 0.6 is 15.9 Å². The summed E-state index contributed by atoms with van der Waals surface area (Å²) >= 11 is 3.45. The van der Waals surface area contributed by atoms with Crippen molar-refractivity contribution in [3.8, 4) is 11.5 Å². The fourth-order valence-electron chi connectivity index (χ4n) is 3.04. The first-order valence-corrected chi connectivity index (χ1v) is 9.24. The van der Waals surface area contributed by atoms with Crippen molar-refractivity contribution >= 4 is 15.9 Å². The fraction of sp³-hybridized carbons (Fsp3) is 0.300. The first-order chi connectivity index (χ1) is 12.5. The molecule has 5 nitrogen and oxygen atoms in total. The lowest BCUT2D eigenvalue weighted by atomic mass is 10.0. The smallest absolute Gasteiger partial charge is 0.234 e. The van der Waals surface area contributed by atoms with E-state index in [-0.39, 0.29) is 12.2 Å². The molecule has 0 bridgehead atoms. The van der Waals surface area contributed by atoms with E-state index in [2.05, 4.69) is 46.1 Å².